The number of hydrogen-bond acceptors (Lipinski definition) is 5. The average Bonchev–Trinajstić information content (AvgIpc) is 2.76. The van der Waals surface area contributed by atoms with Gasteiger partial charge in [-0.25, -0.2) is 10.5 Å². The fourth-order valence-corrected chi connectivity index (χ4v) is 4.32. The van der Waals surface area contributed by atoms with Crippen molar-refractivity contribution in [3.8, 4) is 0 Å². The van der Waals surface area contributed by atoms with Crippen LogP contribution in [-0.4, -0.2) is 26.4 Å². The molecule has 0 aliphatic heterocycles. The maximum Gasteiger partial charge on any atom is 0.262 e. The van der Waals surface area contributed by atoms with Crippen LogP contribution in [0.2, 0.25) is 5.02 Å². The molecule has 0 aliphatic carbocycles. The molecule has 1 heterocycles. The number of halogens is 1. The van der Waals surface area contributed by atoms with Crippen LogP contribution in [0.25, 0.3) is 10.9 Å². The zero-order valence-electron chi connectivity index (χ0n) is 16.5. The number of unbranched alkanes of at least 4 members (excludes halogenated alkanes) is 3. The third-order valence-corrected chi connectivity index (χ3v) is 6.02. The highest BCUT2D eigenvalue weighted by Gasteiger charge is 2.12. The highest BCUT2D eigenvalue weighted by atomic mass is 35.5. The molecule has 0 unspecified atom stereocenters. The van der Waals surface area contributed by atoms with Gasteiger partial charge in [0.1, 0.15) is 0 Å². The molecule has 0 saturated heterocycles. The Morgan fingerprint density at radius 2 is 1.87 bits per heavy atom. The van der Waals surface area contributed by atoms with E-state index in [1.165, 1.54) is 0 Å². The lowest BCUT2D eigenvalue weighted by Gasteiger charge is -2.13. The molecule has 0 spiro atoms. The van der Waals surface area contributed by atoms with Crippen molar-refractivity contribution in [3.63, 3.8) is 0 Å². The summed E-state index contributed by atoms with van der Waals surface area (Å²) in [4.78, 5) is 28.9. The van der Waals surface area contributed by atoms with E-state index in [2.05, 4.69) is 0 Å². The number of nitrogens with one attached hydrogen (secondary N) is 1. The number of hydrogen-bond donors (Lipinski definition) is 2. The Hall–Kier alpha value is -2.35. The number of benzene rings is 2. The molecule has 3 aromatic rings. The van der Waals surface area contributed by atoms with Crippen molar-refractivity contribution in [2.75, 3.05) is 5.75 Å². The SMILES string of the molecule is O=C(CCCCCCSc1nc2ccc(Cl)cc2c(=O)n1Cc1ccccc1)NO. The van der Waals surface area contributed by atoms with E-state index in [1.807, 2.05) is 30.3 Å². The zero-order valence-corrected chi connectivity index (χ0v) is 18.1. The number of fused-ring (bicyclic) bond motifs is 1. The summed E-state index contributed by atoms with van der Waals surface area (Å²) in [6, 6.07) is 15.0. The summed E-state index contributed by atoms with van der Waals surface area (Å²) < 4.78 is 1.71. The van der Waals surface area contributed by atoms with Gasteiger partial charge in [-0.1, -0.05) is 66.5 Å². The topological polar surface area (TPSA) is 84.2 Å². The summed E-state index contributed by atoms with van der Waals surface area (Å²) in [6.07, 6.45) is 3.90. The monoisotopic (exact) mass is 445 g/mol. The Bertz CT molecular complexity index is 1060. The fraction of sp³-hybridized carbons (Fsp3) is 0.318. The number of hydroxylamine groups is 1. The van der Waals surface area contributed by atoms with E-state index in [0.29, 0.717) is 34.0 Å². The zero-order chi connectivity index (χ0) is 21.3. The molecule has 0 atom stereocenters. The lowest BCUT2D eigenvalue weighted by molar-refractivity contribution is -0.129. The average molecular weight is 446 g/mol. The maximum atomic E-state index is 13.2. The maximum absolute atomic E-state index is 13.2. The van der Waals surface area contributed by atoms with Crippen LogP contribution in [0, 0.1) is 0 Å². The molecule has 0 saturated carbocycles. The molecule has 30 heavy (non-hydrogen) atoms. The van der Waals surface area contributed by atoms with E-state index in [0.717, 1.165) is 37.0 Å². The van der Waals surface area contributed by atoms with Crippen molar-refractivity contribution in [3.05, 3.63) is 69.5 Å². The Morgan fingerprint density at radius 1 is 1.10 bits per heavy atom. The van der Waals surface area contributed by atoms with Gasteiger partial charge in [0.05, 0.1) is 17.4 Å². The summed E-state index contributed by atoms with van der Waals surface area (Å²) in [6.45, 7) is 0.452. The molecule has 0 aliphatic rings. The van der Waals surface area contributed by atoms with Crippen LogP contribution in [0.1, 0.15) is 37.7 Å². The molecule has 1 amide bonds. The van der Waals surface area contributed by atoms with E-state index < -0.39 is 0 Å². The van der Waals surface area contributed by atoms with Crippen molar-refractivity contribution >= 4 is 40.2 Å². The first kappa shape index (κ1) is 22.3. The second-order valence-electron chi connectivity index (χ2n) is 6.98. The van der Waals surface area contributed by atoms with Crippen LogP contribution in [0.3, 0.4) is 0 Å². The first-order valence-electron chi connectivity index (χ1n) is 9.88. The van der Waals surface area contributed by atoms with Gasteiger partial charge in [0, 0.05) is 17.2 Å². The van der Waals surface area contributed by atoms with Gasteiger partial charge in [0.25, 0.3) is 5.56 Å². The predicted molar refractivity (Wildman–Crippen MR) is 120 cm³/mol. The van der Waals surface area contributed by atoms with Crippen molar-refractivity contribution < 1.29 is 10.0 Å². The minimum atomic E-state index is -0.352. The van der Waals surface area contributed by atoms with Crippen LogP contribution in [0.5, 0.6) is 0 Å². The normalized spacial score (nSPS) is 11.0. The molecular weight excluding hydrogens is 422 g/mol. The van der Waals surface area contributed by atoms with E-state index in [9.17, 15) is 9.59 Å². The Morgan fingerprint density at radius 3 is 2.63 bits per heavy atom. The van der Waals surface area contributed by atoms with E-state index in [1.54, 1.807) is 40.0 Å². The quantitative estimate of drug-likeness (QED) is 0.156. The van der Waals surface area contributed by atoms with Gasteiger partial charge < -0.3 is 0 Å². The van der Waals surface area contributed by atoms with Crippen molar-refractivity contribution in [2.24, 2.45) is 0 Å². The number of rotatable bonds is 10. The Balaban J connectivity index is 1.72. The Kier molecular flexibility index (Phi) is 8.30. The van der Waals surface area contributed by atoms with Gasteiger partial charge in [-0.05, 0) is 36.6 Å². The number of carbonyl (C=O) groups is 1. The number of thioether (sulfide) groups is 1. The summed E-state index contributed by atoms with van der Waals surface area (Å²) in [5.74, 6) is 0.474. The molecule has 2 N–H and O–H groups in total. The second-order valence-corrected chi connectivity index (χ2v) is 8.48. The van der Waals surface area contributed by atoms with Gasteiger partial charge in [0.15, 0.2) is 5.16 Å². The third-order valence-electron chi connectivity index (χ3n) is 4.72. The van der Waals surface area contributed by atoms with Crippen LogP contribution in [0.15, 0.2) is 58.5 Å². The van der Waals surface area contributed by atoms with Gasteiger partial charge in [0.2, 0.25) is 5.91 Å². The Labute approximate surface area is 184 Å². The van der Waals surface area contributed by atoms with Crippen LogP contribution in [0.4, 0.5) is 0 Å². The number of amides is 1. The van der Waals surface area contributed by atoms with Gasteiger partial charge >= 0.3 is 0 Å². The first-order chi connectivity index (χ1) is 14.6. The molecule has 0 fully saturated rings. The van der Waals surface area contributed by atoms with E-state index >= 15 is 0 Å². The van der Waals surface area contributed by atoms with Crippen LogP contribution in [-0.2, 0) is 11.3 Å². The van der Waals surface area contributed by atoms with Gasteiger partial charge in [-0.15, -0.1) is 0 Å². The van der Waals surface area contributed by atoms with E-state index in [4.69, 9.17) is 21.8 Å². The summed E-state index contributed by atoms with van der Waals surface area (Å²) in [5.41, 5.74) is 3.23. The molecule has 0 radical (unpaired) electrons. The molecule has 8 heteroatoms. The smallest absolute Gasteiger partial charge is 0.262 e. The first-order valence-corrected chi connectivity index (χ1v) is 11.2. The van der Waals surface area contributed by atoms with Gasteiger partial charge in [-0.3, -0.25) is 19.4 Å². The molecule has 0 bridgehead atoms. The van der Waals surface area contributed by atoms with Crippen molar-refractivity contribution in [1.29, 1.82) is 0 Å². The van der Waals surface area contributed by atoms with Crippen LogP contribution >= 0.6 is 23.4 Å². The lowest BCUT2D eigenvalue weighted by atomic mass is 10.1. The predicted octanol–water partition coefficient (Wildman–Crippen LogP) is 4.65. The highest BCUT2D eigenvalue weighted by Crippen LogP contribution is 2.22. The molecule has 6 nitrogen and oxygen atoms in total. The highest BCUT2D eigenvalue weighted by molar-refractivity contribution is 7.99. The molecular formula is C22H24ClN3O3S. The number of aromatic nitrogens is 2. The molecule has 158 valence electrons. The lowest BCUT2D eigenvalue weighted by Crippen LogP contribution is -2.24. The number of nitrogens with zero attached hydrogens (tertiary/aromatic N) is 2. The van der Waals surface area contributed by atoms with E-state index in [-0.39, 0.29) is 11.5 Å². The molecule has 3 rings (SSSR count). The summed E-state index contributed by atoms with van der Waals surface area (Å²) in [5, 5.41) is 10.2. The standard InChI is InChI=1S/C22H24ClN3O3S/c23-17-11-12-19-18(14-17)21(28)26(15-16-8-4-3-5-9-16)22(24-19)30-13-7-2-1-6-10-20(27)25-29/h3-5,8-9,11-12,14,29H,1-2,6-7,10,13,15H2,(H,25,27). The van der Waals surface area contributed by atoms with Crippen LogP contribution < -0.4 is 11.0 Å². The number of carbonyl (C=O) groups excluding carboxylic acids is 1. The van der Waals surface area contributed by atoms with Crippen molar-refractivity contribution in [1.82, 2.24) is 15.0 Å². The molecule has 2 aromatic carbocycles. The molecule has 1 aromatic heterocycles. The second kappa shape index (κ2) is 11.2. The van der Waals surface area contributed by atoms with Gasteiger partial charge in [-0.2, -0.15) is 0 Å². The summed E-state index contributed by atoms with van der Waals surface area (Å²) in [7, 11) is 0. The summed E-state index contributed by atoms with van der Waals surface area (Å²) >= 11 is 7.66. The fourth-order valence-electron chi connectivity index (χ4n) is 3.15. The minimum absolute atomic E-state index is 0.0936. The largest absolute Gasteiger partial charge is 0.289 e. The third kappa shape index (κ3) is 6.08. The minimum Gasteiger partial charge on any atom is -0.289 e. The van der Waals surface area contributed by atoms with Crippen molar-refractivity contribution in [2.45, 2.75) is 43.8 Å².